The van der Waals surface area contributed by atoms with Crippen molar-refractivity contribution in [2.75, 3.05) is 10.6 Å². The van der Waals surface area contributed by atoms with Crippen LogP contribution in [-0.2, 0) is 6.54 Å². The standard InChI is InChI=1S/C22H31N7OS/c1-3-14(4-2)24-13-16-12-19(29-22-27-18-6-5-11-23-20(18)31-22)28-21(26-16)25-15-7-9-17(30)10-8-15/h5-6,11-12,14-15,17,24,30H,3-4,7-10,13H2,1-2H3,(H2,25,26,27,28,29)/t15-,17-. The second-order valence-corrected chi connectivity index (χ2v) is 9.06. The summed E-state index contributed by atoms with van der Waals surface area (Å²) < 4.78 is 0. The summed E-state index contributed by atoms with van der Waals surface area (Å²) in [6.45, 7) is 5.07. The lowest BCUT2D eigenvalue weighted by Crippen LogP contribution is -2.30. The topological polar surface area (TPSA) is 108 Å². The highest BCUT2D eigenvalue weighted by Crippen LogP contribution is 2.27. The lowest BCUT2D eigenvalue weighted by atomic mass is 9.93. The van der Waals surface area contributed by atoms with E-state index in [1.165, 1.54) is 11.3 Å². The molecule has 0 saturated heterocycles. The molecule has 0 aromatic carbocycles. The fourth-order valence-electron chi connectivity index (χ4n) is 3.88. The van der Waals surface area contributed by atoms with Gasteiger partial charge in [0, 0.05) is 30.9 Å². The number of hydrogen-bond donors (Lipinski definition) is 4. The zero-order valence-corrected chi connectivity index (χ0v) is 19.0. The first-order valence-electron chi connectivity index (χ1n) is 11.2. The summed E-state index contributed by atoms with van der Waals surface area (Å²) in [4.78, 5) is 19.3. The molecular weight excluding hydrogens is 410 g/mol. The lowest BCUT2D eigenvalue weighted by Gasteiger charge is -2.26. The van der Waals surface area contributed by atoms with Crippen LogP contribution in [0, 0.1) is 0 Å². The number of nitrogens with one attached hydrogen (secondary N) is 3. The Kier molecular flexibility index (Phi) is 7.26. The van der Waals surface area contributed by atoms with Crippen molar-refractivity contribution in [3.05, 3.63) is 30.1 Å². The molecule has 3 aromatic rings. The van der Waals surface area contributed by atoms with Crippen LogP contribution in [0.25, 0.3) is 10.3 Å². The quantitative estimate of drug-likeness (QED) is 0.391. The molecule has 1 aliphatic carbocycles. The third-order valence-electron chi connectivity index (χ3n) is 5.77. The average molecular weight is 442 g/mol. The number of anilines is 3. The average Bonchev–Trinajstić information content (AvgIpc) is 3.18. The van der Waals surface area contributed by atoms with E-state index in [1.807, 2.05) is 18.2 Å². The maximum Gasteiger partial charge on any atom is 0.225 e. The van der Waals surface area contributed by atoms with Crippen LogP contribution in [-0.4, -0.2) is 43.2 Å². The number of pyridine rings is 1. The Morgan fingerprint density at radius 2 is 1.94 bits per heavy atom. The first kappa shape index (κ1) is 21.9. The first-order valence-corrected chi connectivity index (χ1v) is 12.0. The molecule has 1 fully saturated rings. The molecule has 0 amide bonds. The second kappa shape index (κ2) is 10.3. The Labute approximate surface area is 187 Å². The summed E-state index contributed by atoms with van der Waals surface area (Å²) in [5.41, 5.74) is 1.81. The fraction of sp³-hybridized carbons (Fsp3) is 0.545. The van der Waals surface area contributed by atoms with Crippen LogP contribution in [0.5, 0.6) is 0 Å². The molecule has 1 saturated carbocycles. The van der Waals surface area contributed by atoms with Crippen LogP contribution >= 0.6 is 11.3 Å². The maximum absolute atomic E-state index is 9.79. The van der Waals surface area contributed by atoms with Gasteiger partial charge in [0.2, 0.25) is 5.95 Å². The number of nitrogens with zero attached hydrogens (tertiary/aromatic N) is 4. The molecule has 1 aliphatic rings. The summed E-state index contributed by atoms with van der Waals surface area (Å²) >= 11 is 1.51. The molecule has 31 heavy (non-hydrogen) atoms. The molecule has 4 N–H and O–H groups in total. The number of fused-ring (bicyclic) bond motifs is 1. The Balaban J connectivity index is 1.53. The van der Waals surface area contributed by atoms with E-state index in [-0.39, 0.29) is 12.1 Å². The van der Waals surface area contributed by atoms with Gasteiger partial charge in [-0.2, -0.15) is 4.98 Å². The van der Waals surface area contributed by atoms with Crippen molar-refractivity contribution in [3.63, 3.8) is 0 Å². The maximum atomic E-state index is 9.79. The van der Waals surface area contributed by atoms with Gasteiger partial charge in [-0.25, -0.2) is 15.0 Å². The van der Waals surface area contributed by atoms with E-state index in [0.717, 1.165) is 59.7 Å². The molecule has 9 heteroatoms. The summed E-state index contributed by atoms with van der Waals surface area (Å²) in [6.07, 6.45) is 7.25. The van der Waals surface area contributed by atoms with Gasteiger partial charge in [-0.1, -0.05) is 25.2 Å². The van der Waals surface area contributed by atoms with E-state index in [2.05, 4.69) is 39.8 Å². The first-order chi connectivity index (χ1) is 15.1. The van der Waals surface area contributed by atoms with E-state index in [0.29, 0.717) is 24.4 Å². The number of hydrogen-bond acceptors (Lipinski definition) is 9. The predicted octanol–water partition coefficient (Wildman–Crippen LogP) is 4.22. The van der Waals surface area contributed by atoms with Crippen LogP contribution in [0.4, 0.5) is 16.9 Å². The summed E-state index contributed by atoms with van der Waals surface area (Å²) in [5.74, 6) is 1.33. The Hall–Kier alpha value is -2.36. The number of thiazole rings is 1. The minimum atomic E-state index is -0.181. The van der Waals surface area contributed by atoms with Gasteiger partial charge in [-0.3, -0.25) is 0 Å². The van der Waals surface area contributed by atoms with E-state index in [1.54, 1.807) is 6.20 Å². The van der Waals surface area contributed by atoms with Gasteiger partial charge in [-0.15, -0.1) is 0 Å². The number of aliphatic hydroxyl groups excluding tert-OH is 1. The largest absolute Gasteiger partial charge is 0.393 e. The van der Waals surface area contributed by atoms with Gasteiger partial charge in [0.05, 0.1) is 11.8 Å². The zero-order chi connectivity index (χ0) is 21.6. The van der Waals surface area contributed by atoms with E-state index >= 15 is 0 Å². The molecule has 0 unspecified atom stereocenters. The van der Waals surface area contributed by atoms with Gasteiger partial charge < -0.3 is 21.1 Å². The Bertz CT molecular complexity index is 950. The minimum Gasteiger partial charge on any atom is -0.393 e. The second-order valence-electron chi connectivity index (χ2n) is 8.08. The van der Waals surface area contributed by atoms with Gasteiger partial charge in [0.1, 0.15) is 16.2 Å². The summed E-state index contributed by atoms with van der Waals surface area (Å²) in [5, 5.41) is 21.0. The van der Waals surface area contributed by atoms with Crippen molar-refractivity contribution >= 4 is 38.6 Å². The van der Waals surface area contributed by atoms with Crippen molar-refractivity contribution in [1.29, 1.82) is 0 Å². The minimum absolute atomic E-state index is 0.181. The third kappa shape index (κ3) is 5.87. The predicted molar refractivity (Wildman–Crippen MR) is 126 cm³/mol. The fourth-order valence-corrected chi connectivity index (χ4v) is 4.69. The van der Waals surface area contributed by atoms with Gasteiger partial charge in [0.25, 0.3) is 0 Å². The van der Waals surface area contributed by atoms with Crippen LogP contribution in [0.2, 0.25) is 0 Å². The molecule has 0 atom stereocenters. The van der Waals surface area contributed by atoms with Crippen LogP contribution in [0.3, 0.4) is 0 Å². The monoisotopic (exact) mass is 441 g/mol. The van der Waals surface area contributed by atoms with Crippen molar-refractivity contribution in [2.24, 2.45) is 0 Å². The molecular formula is C22H31N7OS. The smallest absolute Gasteiger partial charge is 0.225 e. The van der Waals surface area contributed by atoms with Crippen LogP contribution < -0.4 is 16.0 Å². The lowest BCUT2D eigenvalue weighted by molar-refractivity contribution is 0.126. The van der Waals surface area contributed by atoms with Gasteiger partial charge in [0.15, 0.2) is 5.13 Å². The molecule has 4 rings (SSSR count). The van der Waals surface area contributed by atoms with Crippen LogP contribution in [0.1, 0.15) is 58.1 Å². The molecule has 3 heterocycles. The SMILES string of the molecule is CCC(CC)NCc1cc(Nc2nc3cccnc3s2)nc(N[C@H]2CC[C@H](O)CC2)n1. The number of aliphatic hydroxyl groups is 1. The molecule has 0 spiro atoms. The van der Waals surface area contributed by atoms with Gasteiger partial charge in [-0.05, 0) is 50.7 Å². The molecule has 0 aliphatic heterocycles. The zero-order valence-electron chi connectivity index (χ0n) is 18.1. The molecule has 0 bridgehead atoms. The third-order valence-corrected chi connectivity index (χ3v) is 6.66. The molecule has 166 valence electrons. The molecule has 3 aromatic heterocycles. The van der Waals surface area contributed by atoms with Crippen LogP contribution in [0.15, 0.2) is 24.4 Å². The van der Waals surface area contributed by atoms with E-state index in [4.69, 9.17) is 9.97 Å². The van der Waals surface area contributed by atoms with Gasteiger partial charge >= 0.3 is 0 Å². The molecule has 8 nitrogen and oxygen atoms in total. The van der Waals surface area contributed by atoms with Crippen molar-refractivity contribution < 1.29 is 5.11 Å². The van der Waals surface area contributed by atoms with Crippen molar-refractivity contribution in [1.82, 2.24) is 25.3 Å². The highest BCUT2D eigenvalue weighted by atomic mass is 32.1. The highest BCUT2D eigenvalue weighted by molar-refractivity contribution is 7.21. The summed E-state index contributed by atoms with van der Waals surface area (Å²) in [7, 11) is 0. The van der Waals surface area contributed by atoms with Crippen molar-refractivity contribution in [2.45, 2.75) is 77.1 Å². The number of rotatable bonds is 9. The van der Waals surface area contributed by atoms with Crippen molar-refractivity contribution in [3.8, 4) is 0 Å². The van der Waals surface area contributed by atoms with E-state index < -0.39 is 0 Å². The highest BCUT2D eigenvalue weighted by Gasteiger charge is 2.20. The number of aromatic nitrogens is 4. The Morgan fingerprint density at radius 1 is 1.13 bits per heavy atom. The Morgan fingerprint density at radius 3 is 2.68 bits per heavy atom. The normalized spacial score (nSPS) is 19.1. The summed E-state index contributed by atoms with van der Waals surface area (Å²) in [6, 6.07) is 6.58. The van der Waals surface area contributed by atoms with E-state index in [9.17, 15) is 5.11 Å². The molecule has 0 radical (unpaired) electrons.